The van der Waals surface area contributed by atoms with Crippen molar-refractivity contribution in [1.29, 1.82) is 0 Å². The molecule has 4 heteroatoms. The van der Waals surface area contributed by atoms with Crippen LogP contribution in [0.25, 0.3) is 10.4 Å². The number of carbonyl (C=O) groups is 1. The lowest BCUT2D eigenvalue weighted by Crippen LogP contribution is -2.07. The van der Waals surface area contributed by atoms with Gasteiger partial charge in [-0.2, -0.15) is 0 Å². The van der Waals surface area contributed by atoms with E-state index in [1.54, 1.807) is 0 Å². The first-order chi connectivity index (χ1) is 8.81. The van der Waals surface area contributed by atoms with Gasteiger partial charge in [0.15, 0.2) is 0 Å². The van der Waals surface area contributed by atoms with E-state index < -0.39 is 0 Å². The second-order valence-electron chi connectivity index (χ2n) is 4.76. The Morgan fingerprint density at radius 3 is 2.78 bits per heavy atom. The Morgan fingerprint density at radius 1 is 1.39 bits per heavy atom. The van der Waals surface area contributed by atoms with Crippen molar-refractivity contribution in [3.8, 4) is 0 Å². The molecule has 2 unspecified atom stereocenters. The van der Waals surface area contributed by atoms with Crippen LogP contribution in [-0.4, -0.2) is 5.78 Å². The maximum atomic E-state index is 11.6. The van der Waals surface area contributed by atoms with Crippen LogP contribution in [-0.2, 0) is 4.79 Å². The van der Waals surface area contributed by atoms with Crippen molar-refractivity contribution in [2.24, 2.45) is 11.0 Å². The number of azide groups is 1. The number of hydrogen-bond donors (Lipinski definition) is 0. The summed E-state index contributed by atoms with van der Waals surface area (Å²) in [6, 6.07) is 9.61. The topological polar surface area (TPSA) is 65.8 Å². The van der Waals surface area contributed by atoms with Crippen LogP contribution in [0.4, 0.5) is 0 Å². The van der Waals surface area contributed by atoms with Gasteiger partial charge >= 0.3 is 0 Å². The molecule has 1 fully saturated rings. The van der Waals surface area contributed by atoms with Gasteiger partial charge in [0.25, 0.3) is 0 Å². The van der Waals surface area contributed by atoms with E-state index in [0.717, 1.165) is 37.7 Å². The monoisotopic (exact) mass is 243 g/mol. The Labute approximate surface area is 107 Å². The lowest BCUT2D eigenvalue weighted by molar-refractivity contribution is -0.120. The SMILES string of the molecule is [N-]=[N+]=NC(CCC1CCCC1=O)c1ccccc1. The number of hydrogen-bond acceptors (Lipinski definition) is 2. The number of carbonyl (C=O) groups excluding carboxylic acids is 1. The van der Waals surface area contributed by atoms with Crippen LogP contribution in [0.5, 0.6) is 0 Å². The number of Topliss-reactive ketones (excluding diaryl/α,β-unsaturated/α-hetero) is 1. The highest BCUT2D eigenvalue weighted by molar-refractivity contribution is 5.82. The summed E-state index contributed by atoms with van der Waals surface area (Å²) in [6.07, 6.45) is 4.32. The molecule has 1 aromatic rings. The van der Waals surface area contributed by atoms with Crippen molar-refractivity contribution >= 4 is 5.78 Å². The molecule has 1 aliphatic rings. The second-order valence-corrected chi connectivity index (χ2v) is 4.76. The van der Waals surface area contributed by atoms with E-state index in [1.807, 2.05) is 30.3 Å². The number of ketones is 1. The summed E-state index contributed by atoms with van der Waals surface area (Å²) < 4.78 is 0. The standard InChI is InChI=1S/C14H17N3O/c15-17-16-13(11-5-2-1-3-6-11)10-9-12-7-4-8-14(12)18/h1-3,5-6,12-13H,4,7-10H2. The Bertz CT molecular complexity index is 451. The lowest BCUT2D eigenvalue weighted by atomic mass is 9.95. The molecule has 2 rings (SSSR count). The number of nitrogens with zero attached hydrogens (tertiary/aromatic N) is 3. The van der Waals surface area contributed by atoms with Crippen molar-refractivity contribution in [3.05, 3.63) is 46.3 Å². The summed E-state index contributed by atoms with van der Waals surface area (Å²) in [6.45, 7) is 0. The maximum Gasteiger partial charge on any atom is 0.135 e. The highest BCUT2D eigenvalue weighted by Crippen LogP contribution is 2.30. The zero-order valence-electron chi connectivity index (χ0n) is 10.3. The van der Waals surface area contributed by atoms with E-state index in [1.165, 1.54) is 0 Å². The quantitative estimate of drug-likeness (QED) is 0.434. The molecule has 2 atom stereocenters. The highest BCUT2D eigenvalue weighted by Gasteiger charge is 2.25. The van der Waals surface area contributed by atoms with Crippen molar-refractivity contribution in [1.82, 2.24) is 0 Å². The average molecular weight is 243 g/mol. The summed E-state index contributed by atoms with van der Waals surface area (Å²) in [4.78, 5) is 14.5. The Morgan fingerprint density at radius 2 is 2.17 bits per heavy atom. The van der Waals surface area contributed by atoms with Gasteiger partial charge in [-0.05, 0) is 36.8 Å². The minimum Gasteiger partial charge on any atom is -0.299 e. The zero-order chi connectivity index (χ0) is 12.8. The van der Waals surface area contributed by atoms with Gasteiger partial charge in [0.1, 0.15) is 5.78 Å². The molecule has 1 aromatic carbocycles. The maximum absolute atomic E-state index is 11.6. The molecule has 4 nitrogen and oxygen atoms in total. The summed E-state index contributed by atoms with van der Waals surface area (Å²) in [5, 5.41) is 3.85. The van der Waals surface area contributed by atoms with E-state index >= 15 is 0 Å². The van der Waals surface area contributed by atoms with Crippen molar-refractivity contribution in [2.45, 2.75) is 38.1 Å². The lowest BCUT2D eigenvalue weighted by Gasteiger charge is -2.13. The second kappa shape index (κ2) is 6.22. The summed E-state index contributed by atoms with van der Waals surface area (Å²) in [5.41, 5.74) is 9.66. The van der Waals surface area contributed by atoms with Crippen molar-refractivity contribution < 1.29 is 4.79 Å². The van der Waals surface area contributed by atoms with Gasteiger partial charge in [0.2, 0.25) is 0 Å². The fourth-order valence-corrected chi connectivity index (χ4v) is 2.58. The molecule has 0 saturated heterocycles. The van der Waals surface area contributed by atoms with Gasteiger partial charge in [-0.15, -0.1) is 0 Å². The van der Waals surface area contributed by atoms with Gasteiger partial charge in [-0.25, -0.2) is 0 Å². The largest absolute Gasteiger partial charge is 0.299 e. The predicted octanol–water partition coefficient (Wildman–Crippen LogP) is 4.19. The molecule has 0 aliphatic heterocycles. The van der Waals surface area contributed by atoms with E-state index in [-0.39, 0.29) is 12.0 Å². The van der Waals surface area contributed by atoms with Gasteiger partial charge < -0.3 is 0 Å². The first-order valence-corrected chi connectivity index (χ1v) is 6.43. The Balaban J connectivity index is 1.99. The summed E-state index contributed by atoms with van der Waals surface area (Å²) in [5.74, 6) is 0.563. The smallest absolute Gasteiger partial charge is 0.135 e. The highest BCUT2D eigenvalue weighted by atomic mass is 16.1. The van der Waals surface area contributed by atoms with Crippen LogP contribution in [0.3, 0.4) is 0 Å². The first-order valence-electron chi connectivity index (χ1n) is 6.43. The van der Waals surface area contributed by atoms with Crippen LogP contribution in [0, 0.1) is 5.92 Å². The average Bonchev–Trinajstić information content (AvgIpc) is 2.81. The van der Waals surface area contributed by atoms with Crippen LogP contribution in [0.2, 0.25) is 0 Å². The third-order valence-corrected chi connectivity index (χ3v) is 3.60. The van der Waals surface area contributed by atoms with Crippen LogP contribution >= 0.6 is 0 Å². The van der Waals surface area contributed by atoms with Gasteiger partial charge in [-0.3, -0.25) is 4.79 Å². The normalized spacial score (nSPS) is 20.4. The van der Waals surface area contributed by atoms with E-state index in [4.69, 9.17) is 5.53 Å². The van der Waals surface area contributed by atoms with Gasteiger partial charge in [0.05, 0.1) is 6.04 Å². The van der Waals surface area contributed by atoms with Crippen LogP contribution in [0.15, 0.2) is 35.4 Å². The fraction of sp³-hybridized carbons (Fsp3) is 0.500. The van der Waals surface area contributed by atoms with Crippen LogP contribution in [0.1, 0.15) is 43.7 Å². The van der Waals surface area contributed by atoms with Crippen molar-refractivity contribution in [3.63, 3.8) is 0 Å². The number of rotatable bonds is 5. The zero-order valence-corrected chi connectivity index (χ0v) is 10.3. The molecule has 18 heavy (non-hydrogen) atoms. The molecule has 0 amide bonds. The van der Waals surface area contributed by atoms with Crippen LogP contribution < -0.4 is 0 Å². The minimum absolute atomic E-state index is 0.149. The molecule has 1 saturated carbocycles. The van der Waals surface area contributed by atoms with E-state index in [9.17, 15) is 4.79 Å². The molecule has 0 spiro atoms. The molecular weight excluding hydrogens is 226 g/mol. The molecule has 0 radical (unpaired) electrons. The third-order valence-electron chi connectivity index (χ3n) is 3.60. The van der Waals surface area contributed by atoms with Gasteiger partial charge in [-0.1, -0.05) is 35.4 Å². The van der Waals surface area contributed by atoms with E-state index in [2.05, 4.69) is 10.0 Å². The molecule has 0 N–H and O–H groups in total. The minimum atomic E-state index is -0.149. The third kappa shape index (κ3) is 3.11. The summed E-state index contributed by atoms with van der Waals surface area (Å²) >= 11 is 0. The molecule has 0 bridgehead atoms. The molecule has 0 heterocycles. The predicted molar refractivity (Wildman–Crippen MR) is 69.9 cm³/mol. The molecule has 0 aromatic heterocycles. The van der Waals surface area contributed by atoms with Gasteiger partial charge in [0, 0.05) is 17.3 Å². The number of benzene rings is 1. The fourth-order valence-electron chi connectivity index (χ4n) is 2.58. The Hall–Kier alpha value is -1.80. The summed E-state index contributed by atoms with van der Waals surface area (Å²) in [7, 11) is 0. The molecule has 1 aliphatic carbocycles. The first kappa shape index (κ1) is 12.7. The molecule has 94 valence electrons. The van der Waals surface area contributed by atoms with Crippen molar-refractivity contribution in [2.75, 3.05) is 0 Å². The Kier molecular flexibility index (Phi) is 4.37. The van der Waals surface area contributed by atoms with E-state index in [0.29, 0.717) is 5.78 Å². The molecular formula is C14H17N3O.